The molecule has 6 nitrogen and oxygen atoms in total. The monoisotopic (exact) mass is 390 g/mol. The first-order valence-corrected chi connectivity index (χ1v) is 10.2. The third kappa shape index (κ3) is 7.07. The Bertz CT molecular complexity index is 856. The van der Waals surface area contributed by atoms with Crippen molar-refractivity contribution >= 4 is 5.96 Å². The third-order valence-corrected chi connectivity index (χ3v) is 4.95. The Labute approximate surface area is 172 Å². The van der Waals surface area contributed by atoms with E-state index in [1.807, 2.05) is 24.5 Å². The number of pyridine rings is 1. The molecule has 6 heteroatoms. The average molecular weight is 391 g/mol. The normalized spacial score (nSPS) is 12.7. The maximum Gasteiger partial charge on any atom is 0.188 e. The summed E-state index contributed by atoms with van der Waals surface area (Å²) in [6.07, 6.45) is 9.17. The summed E-state index contributed by atoms with van der Waals surface area (Å²) in [6.45, 7) is 3.58. The summed E-state index contributed by atoms with van der Waals surface area (Å²) in [6, 6.07) is 14.8. The molecular weight excluding hydrogens is 360 g/mol. The van der Waals surface area contributed by atoms with Crippen molar-refractivity contribution in [1.29, 1.82) is 0 Å². The van der Waals surface area contributed by atoms with E-state index in [9.17, 15) is 0 Å². The van der Waals surface area contributed by atoms with Gasteiger partial charge in [-0.3, -0.25) is 9.98 Å². The molecule has 3 rings (SSSR count). The Morgan fingerprint density at radius 1 is 1.21 bits per heavy atom. The van der Waals surface area contributed by atoms with Crippen LogP contribution in [0.5, 0.6) is 0 Å². The molecule has 1 unspecified atom stereocenters. The number of rotatable bonds is 10. The van der Waals surface area contributed by atoms with Crippen LogP contribution in [0.15, 0.2) is 66.2 Å². The molecule has 1 atom stereocenters. The molecule has 0 saturated heterocycles. The van der Waals surface area contributed by atoms with Gasteiger partial charge in [-0.2, -0.15) is 0 Å². The van der Waals surface area contributed by atoms with Crippen molar-refractivity contribution in [2.75, 3.05) is 13.1 Å². The zero-order valence-electron chi connectivity index (χ0n) is 17.0. The first-order chi connectivity index (χ1) is 14.2. The number of imidazole rings is 1. The van der Waals surface area contributed by atoms with Gasteiger partial charge in [-0.05, 0) is 50.3 Å². The lowest BCUT2D eigenvalue weighted by Crippen LogP contribution is -2.33. The summed E-state index contributed by atoms with van der Waals surface area (Å²) in [5.74, 6) is 0.837. The minimum Gasteiger partial charge on any atom is -0.370 e. The van der Waals surface area contributed by atoms with Gasteiger partial charge in [-0.25, -0.2) is 4.98 Å². The number of aryl methyl sites for hydroxylation is 2. The van der Waals surface area contributed by atoms with Gasteiger partial charge in [-0.15, -0.1) is 0 Å². The molecule has 29 heavy (non-hydrogen) atoms. The Morgan fingerprint density at radius 2 is 2.07 bits per heavy atom. The van der Waals surface area contributed by atoms with Crippen LogP contribution in [0.25, 0.3) is 0 Å². The maximum atomic E-state index is 6.03. The summed E-state index contributed by atoms with van der Waals surface area (Å²) in [7, 11) is 0. The van der Waals surface area contributed by atoms with E-state index in [2.05, 4.69) is 62.5 Å². The largest absolute Gasteiger partial charge is 0.370 e. The molecule has 0 radical (unpaired) electrons. The number of nitrogens with two attached hydrogens (primary N) is 1. The molecule has 0 aliphatic carbocycles. The van der Waals surface area contributed by atoms with Crippen molar-refractivity contribution in [3.8, 4) is 0 Å². The second kappa shape index (κ2) is 11.0. The van der Waals surface area contributed by atoms with E-state index >= 15 is 0 Å². The zero-order chi connectivity index (χ0) is 20.3. The lowest BCUT2D eigenvalue weighted by atomic mass is 9.92. The van der Waals surface area contributed by atoms with Gasteiger partial charge >= 0.3 is 0 Å². The summed E-state index contributed by atoms with van der Waals surface area (Å²) in [5, 5.41) is 3.25. The fourth-order valence-corrected chi connectivity index (χ4v) is 3.30. The van der Waals surface area contributed by atoms with Gasteiger partial charge in [0.2, 0.25) is 0 Å². The number of benzene rings is 1. The molecule has 0 fully saturated rings. The van der Waals surface area contributed by atoms with Gasteiger partial charge in [0.25, 0.3) is 0 Å². The first kappa shape index (κ1) is 20.6. The third-order valence-electron chi connectivity index (χ3n) is 4.95. The number of H-pyrrole nitrogens is 1. The van der Waals surface area contributed by atoms with E-state index in [4.69, 9.17) is 5.73 Å². The number of hydrogen-bond acceptors (Lipinski definition) is 3. The lowest BCUT2D eigenvalue weighted by Gasteiger charge is -2.17. The summed E-state index contributed by atoms with van der Waals surface area (Å²) in [5.41, 5.74) is 10.9. The lowest BCUT2D eigenvalue weighted by molar-refractivity contribution is 0.594. The predicted octanol–water partition coefficient (Wildman–Crippen LogP) is 3.37. The van der Waals surface area contributed by atoms with Crippen LogP contribution < -0.4 is 11.1 Å². The highest BCUT2D eigenvalue weighted by atomic mass is 15.1. The Kier molecular flexibility index (Phi) is 7.81. The molecular formula is C23H30N6. The second-order valence-electron chi connectivity index (χ2n) is 7.30. The van der Waals surface area contributed by atoms with Crippen LogP contribution in [-0.2, 0) is 12.8 Å². The average Bonchev–Trinajstić information content (AvgIpc) is 3.26. The zero-order valence-corrected chi connectivity index (χ0v) is 17.0. The summed E-state index contributed by atoms with van der Waals surface area (Å²) in [4.78, 5) is 16.1. The molecule has 0 aliphatic rings. The molecule has 1 aromatic carbocycles. The number of guanidine groups is 1. The van der Waals surface area contributed by atoms with Crippen LogP contribution in [0.2, 0.25) is 0 Å². The number of aromatic amines is 1. The van der Waals surface area contributed by atoms with Gasteiger partial charge in [-0.1, -0.05) is 35.9 Å². The molecule has 3 aromatic rings. The van der Waals surface area contributed by atoms with E-state index in [-0.39, 0.29) is 0 Å². The standard InChI is InChI=1S/C23H30N6/c1-18-7-9-19(10-8-18)15-20(22-6-2-3-12-26-22)11-14-28-23(24)27-13-4-5-21-16-25-17-29-21/h2-3,6-10,12,16-17,20H,4-5,11,13-15H2,1H3,(H,25,29)(H3,24,27,28). The van der Waals surface area contributed by atoms with Crippen LogP contribution in [-0.4, -0.2) is 34.0 Å². The summed E-state index contributed by atoms with van der Waals surface area (Å²) >= 11 is 0. The molecule has 0 amide bonds. The van der Waals surface area contributed by atoms with Gasteiger partial charge in [0.1, 0.15) is 0 Å². The van der Waals surface area contributed by atoms with Crippen LogP contribution >= 0.6 is 0 Å². The SMILES string of the molecule is Cc1ccc(CC(CCNC(N)=NCCCc2cnc[nH]2)c2ccccn2)cc1. The van der Waals surface area contributed by atoms with Gasteiger partial charge in [0.15, 0.2) is 5.96 Å². The van der Waals surface area contributed by atoms with Crippen LogP contribution in [0.4, 0.5) is 0 Å². The van der Waals surface area contributed by atoms with E-state index < -0.39 is 0 Å². The van der Waals surface area contributed by atoms with E-state index in [0.29, 0.717) is 18.4 Å². The molecule has 152 valence electrons. The molecule has 0 aliphatic heterocycles. The number of aromatic nitrogens is 3. The quantitative estimate of drug-likeness (QED) is 0.281. The number of aliphatic imine (C=N–C) groups is 1. The molecule has 2 heterocycles. The fourth-order valence-electron chi connectivity index (χ4n) is 3.30. The number of nitrogens with zero attached hydrogens (tertiary/aromatic N) is 3. The first-order valence-electron chi connectivity index (χ1n) is 10.2. The van der Waals surface area contributed by atoms with Crippen molar-refractivity contribution in [2.45, 2.75) is 38.5 Å². The second-order valence-corrected chi connectivity index (χ2v) is 7.30. The van der Waals surface area contributed by atoms with Crippen molar-refractivity contribution in [1.82, 2.24) is 20.3 Å². The highest BCUT2D eigenvalue weighted by molar-refractivity contribution is 5.77. The highest BCUT2D eigenvalue weighted by Gasteiger charge is 2.13. The molecule has 0 bridgehead atoms. The Morgan fingerprint density at radius 3 is 2.79 bits per heavy atom. The minimum atomic E-state index is 0.333. The van der Waals surface area contributed by atoms with Crippen molar-refractivity contribution in [2.24, 2.45) is 10.7 Å². The topological polar surface area (TPSA) is 92.0 Å². The van der Waals surface area contributed by atoms with Gasteiger partial charge < -0.3 is 16.0 Å². The summed E-state index contributed by atoms with van der Waals surface area (Å²) < 4.78 is 0. The van der Waals surface area contributed by atoms with E-state index in [0.717, 1.165) is 43.6 Å². The number of nitrogens with one attached hydrogen (secondary N) is 2. The number of hydrogen-bond donors (Lipinski definition) is 3. The van der Waals surface area contributed by atoms with E-state index in [1.54, 1.807) is 6.33 Å². The van der Waals surface area contributed by atoms with Crippen LogP contribution in [0.1, 0.15) is 41.3 Å². The van der Waals surface area contributed by atoms with Crippen molar-refractivity contribution in [3.05, 3.63) is 83.7 Å². The minimum absolute atomic E-state index is 0.333. The van der Waals surface area contributed by atoms with Gasteiger partial charge in [0, 0.05) is 42.8 Å². The Balaban J connectivity index is 1.48. The van der Waals surface area contributed by atoms with E-state index in [1.165, 1.54) is 11.1 Å². The van der Waals surface area contributed by atoms with Crippen molar-refractivity contribution < 1.29 is 0 Å². The Hall–Kier alpha value is -3.15. The highest BCUT2D eigenvalue weighted by Crippen LogP contribution is 2.22. The molecule has 0 spiro atoms. The van der Waals surface area contributed by atoms with Crippen LogP contribution in [0.3, 0.4) is 0 Å². The molecule has 0 saturated carbocycles. The predicted molar refractivity (Wildman–Crippen MR) is 118 cm³/mol. The maximum absolute atomic E-state index is 6.03. The molecule has 4 N–H and O–H groups in total. The smallest absolute Gasteiger partial charge is 0.188 e. The fraction of sp³-hybridized carbons (Fsp3) is 0.348. The molecule has 2 aromatic heterocycles. The van der Waals surface area contributed by atoms with Crippen molar-refractivity contribution in [3.63, 3.8) is 0 Å². The van der Waals surface area contributed by atoms with Crippen LogP contribution in [0, 0.1) is 6.92 Å². The van der Waals surface area contributed by atoms with Gasteiger partial charge in [0.05, 0.1) is 6.33 Å².